The van der Waals surface area contributed by atoms with Crippen LogP contribution < -0.4 is 4.90 Å². The summed E-state index contributed by atoms with van der Waals surface area (Å²) < 4.78 is 0.887. The number of anilines is 1. The second-order valence-corrected chi connectivity index (χ2v) is 6.87. The molecule has 1 aliphatic rings. The fraction of sp³-hybridized carbons (Fsp3) is 0.235. The molecule has 0 bridgehead atoms. The van der Waals surface area contributed by atoms with Gasteiger partial charge < -0.3 is 4.90 Å². The van der Waals surface area contributed by atoms with Crippen LogP contribution in [0.25, 0.3) is 0 Å². The normalized spacial score (nSPS) is 14.0. The van der Waals surface area contributed by atoms with Gasteiger partial charge in [-0.1, -0.05) is 39.8 Å². The maximum atomic E-state index is 12.9. The number of halogens is 1. The molecule has 1 aromatic heterocycles. The summed E-state index contributed by atoms with van der Waals surface area (Å²) in [6, 6.07) is 11.2. The Morgan fingerprint density at radius 2 is 2.13 bits per heavy atom. The van der Waals surface area contributed by atoms with Gasteiger partial charge in [-0.2, -0.15) is 0 Å². The lowest BCUT2D eigenvalue weighted by atomic mass is 10.0. The van der Waals surface area contributed by atoms with E-state index in [-0.39, 0.29) is 5.78 Å². The zero-order valence-electron chi connectivity index (χ0n) is 12.9. The van der Waals surface area contributed by atoms with E-state index in [0.29, 0.717) is 16.9 Å². The molecule has 118 valence electrons. The molecule has 6 heteroatoms. The number of hydrogen-bond acceptors (Lipinski definition) is 5. The van der Waals surface area contributed by atoms with Gasteiger partial charge in [-0.05, 0) is 37.4 Å². The van der Waals surface area contributed by atoms with Crippen molar-refractivity contribution in [2.45, 2.75) is 6.92 Å². The highest BCUT2D eigenvalue weighted by atomic mass is 79.9. The van der Waals surface area contributed by atoms with Crippen molar-refractivity contribution < 1.29 is 4.79 Å². The van der Waals surface area contributed by atoms with E-state index in [4.69, 9.17) is 0 Å². The quantitative estimate of drug-likeness (QED) is 0.746. The number of amidine groups is 1. The zero-order valence-corrected chi connectivity index (χ0v) is 15.3. The summed E-state index contributed by atoms with van der Waals surface area (Å²) in [7, 11) is 0. The summed E-state index contributed by atoms with van der Waals surface area (Å²) >= 11 is 5.00. The second kappa shape index (κ2) is 6.84. The van der Waals surface area contributed by atoms with Crippen LogP contribution in [0.15, 0.2) is 45.9 Å². The van der Waals surface area contributed by atoms with E-state index in [2.05, 4.69) is 25.9 Å². The first-order chi connectivity index (χ1) is 11.1. The Hall–Kier alpha value is -1.66. The van der Waals surface area contributed by atoms with Gasteiger partial charge in [0.15, 0.2) is 11.0 Å². The van der Waals surface area contributed by atoms with Crippen LogP contribution in [0.3, 0.4) is 0 Å². The van der Waals surface area contributed by atoms with Gasteiger partial charge in [0.25, 0.3) is 0 Å². The van der Waals surface area contributed by atoms with Gasteiger partial charge in [-0.3, -0.25) is 9.79 Å². The molecule has 2 aromatic rings. The summed E-state index contributed by atoms with van der Waals surface area (Å²) in [6.45, 7) is 3.42. The number of nitrogens with zero attached hydrogens (tertiary/aromatic N) is 3. The maximum Gasteiger partial charge on any atom is 0.196 e. The van der Waals surface area contributed by atoms with Crippen molar-refractivity contribution in [1.29, 1.82) is 0 Å². The van der Waals surface area contributed by atoms with Crippen molar-refractivity contribution in [3.8, 4) is 0 Å². The second-order valence-electron chi connectivity index (χ2n) is 5.18. The first-order valence-electron chi connectivity index (χ1n) is 7.24. The Bertz CT molecular complexity index is 791. The molecule has 4 nitrogen and oxygen atoms in total. The highest BCUT2D eigenvalue weighted by Crippen LogP contribution is 2.27. The van der Waals surface area contributed by atoms with Crippen LogP contribution in [0.1, 0.15) is 21.6 Å². The van der Waals surface area contributed by atoms with Crippen molar-refractivity contribution in [3.05, 3.63) is 57.7 Å². The lowest BCUT2D eigenvalue weighted by Crippen LogP contribution is -2.28. The topological polar surface area (TPSA) is 45.6 Å². The fourth-order valence-electron chi connectivity index (χ4n) is 2.51. The van der Waals surface area contributed by atoms with Crippen molar-refractivity contribution in [2.24, 2.45) is 4.99 Å². The highest BCUT2D eigenvalue weighted by Gasteiger charge is 2.25. The standard InChI is InChI=1S/C17H16BrN3OS/c1-11-6-7-14(15(22)12-4-3-5-13(18)10-12)16(20-11)21-9-8-19-17(21)23-2/h3-7,10H,8-9H2,1-2H3. The predicted octanol–water partition coefficient (Wildman–Crippen LogP) is 3.92. The van der Waals surface area contributed by atoms with Gasteiger partial charge in [0, 0.05) is 22.3 Å². The molecule has 0 saturated heterocycles. The number of carbonyl (C=O) groups excluding carboxylic acids is 1. The first-order valence-corrected chi connectivity index (χ1v) is 9.26. The molecule has 0 amide bonds. The molecule has 0 radical (unpaired) electrons. The van der Waals surface area contributed by atoms with Gasteiger partial charge in [-0.15, -0.1) is 0 Å². The average molecular weight is 390 g/mol. The third-order valence-corrected chi connectivity index (χ3v) is 4.79. The summed E-state index contributed by atoms with van der Waals surface area (Å²) in [5, 5.41) is 0.909. The molecule has 0 N–H and O–H groups in total. The summed E-state index contributed by atoms with van der Waals surface area (Å²) in [5.74, 6) is 0.668. The molecule has 0 atom stereocenters. The number of ketones is 1. The van der Waals surface area contributed by atoms with Crippen LogP contribution in [0.2, 0.25) is 0 Å². The fourth-order valence-corrected chi connectivity index (χ4v) is 3.53. The molecule has 0 unspecified atom stereocenters. The molecule has 0 spiro atoms. The highest BCUT2D eigenvalue weighted by molar-refractivity contribution is 9.10. The predicted molar refractivity (Wildman–Crippen MR) is 99.7 cm³/mol. The minimum Gasteiger partial charge on any atom is -0.303 e. The van der Waals surface area contributed by atoms with E-state index in [1.54, 1.807) is 11.8 Å². The number of benzene rings is 1. The Kier molecular flexibility index (Phi) is 4.82. The zero-order chi connectivity index (χ0) is 16.4. The van der Waals surface area contributed by atoms with E-state index < -0.39 is 0 Å². The Morgan fingerprint density at radius 1 is 1.30 bits per heavy atom. The van der Waals surface area contributed by atoms with E-state index in [0.717, 1.165) is 28.4 Å². The lowest BCUT2D eigenvalue weighted by Gasteiger charge is -2.21. The number of carbonyl (C=O) groups is 1. The molecule has 1 aliphatic heterocycles. The first kappa shape index (κ1) is 16.2. The molecule has 0 fully saturated rings. The number of aromatic nitrogens is 1. The van der Waals surface area contributed by atoms with Crippen LogP contribution in [0, 0.1) is 6.92 Å². The molecular formula is C17H16BrN3OS. The van der Waals surface area contributed by atoms with Crippen LogP contribution >= 0.6 is 27.7 Å². The average Bonchev–Trinajstić information content (AvgIpc) is 3.02. The summed E-state index contributed by atoms with van der Waals surface area (Å²) in [5.41, 5.74) is 2.14. The van der Waals surface area contributed by atoms with E-state index >= 15 is 0 Å². The number of thioether (sulfide) groups is 1. The van der Waals surface area contributed by atoms with Crippen molar-refractivity contribution in [2.75, 3.05) is 24.2 Å². The number of aryl methyl sites for hydroxylation is 1. The van der Waals surface area contributed by atoms with Crippen molar-refractivity contribution in [3.63, 3.8) is 0 Å². The Balaban J connectivity index is 2.06. The molecular weight excluding hydrogens is 374 g/mol. The van der Waals surface area contributed by atoms with Crippen LogP contribution in [-0.2, 0) is 0 Å². The smallest absolute Gasteiger partial charge is 0.196 e. The van der Waals surface area contributed by atoms with Gasteiger partial charge in [0.2, 0.25) is 0 Å². The van der Waals surface area contributed by atoms with Crippen molar-refractivity contribution >= 4 is 44.5 Å². The summed E-state index contributed by atoms with van der Waals surface area (Å²) in [4.78, 5) is 24.1. The molecule has 0 aliphatic carbocycles. The third-order valence-electron chi connectivity index (χ3n) is 3.59. The minimum absolute atomic E-state index is 0.0267. The van der Waals surface area contributed by atoms with Gasteiger partial charge in [-0.25, -0.2) is 4.98 Å². The SMILES string of the molecule is CSC1=NCCN1c1nc(C)ccc1C(=O)c1cccc(Br)c1. The van der Waals surface area contributed by atoms with Gasteiger partial charge in [0.05, 0.1) is 12.1 Å². The molecule has 0 saturated carbocycles. The van der Waals surface area contributed by atoms with E-state index in [1.165, 1.54) is 0 Å². The largest absolute Gasteiger partial charge is 0.303 e. The lowest BCUT2D eigenvalue weighted by molar-refractivity contribution is 0.103. The third kappa shape index (κ3) is 3.33. The van der Waals surface area contributed by atoms with Gasteiger partial charge >= 0.3 is 0 Å². The number of hydrogen-bond donors (Lipinski definition) is 0. The van der Waals surface area contributed by atoms with E-state index in [1.807, 2.05) is 54.5 Å². The van der Waals surface area contributed by atoms with Crippen LogP contribution in [0.4, 0.5) is 5.82 Å². The number of rotatable bonds is 3. The Labute approximate surface area is 148 Å². The van der Waals surface area contributed by atoms with E-state index in [9.17, 15) is 4.79 Å². The van der Waals surface area contributed by atoms with Crippen LogP contribution in [0.5, 0.6) is 0 Å². The molecule has 23 heavy (non-hydrogen) atoms. The Morgan fingerprint density at radius 3 is 2.87 bits per heavy atom. The monoisotopic (exact) mass is 389 g/mol. The van der Waals surface area contributed by atoms with Crippen LogP contribution in [-0.4, -0.2) is 35.3 Å². The number of pyridine rings is 1. The number of aliphatic imine (C=N–C) groups is 1. The molecule has 2 heterocycles. The molecule has 1 aromatic carbocycles. The molecule has 3 rings (SSSR count). The minimum atomic E-state index is -0.0267. The maximum absolute atomic E-state index is 12.9. The van der Waals surface area contributed by atoms with Crippen molar-refractivity contribution in [1.82, 2.24) is 4.98 Å². The van der Waals surface area contributed by atoms with Gasteiger partial charge in [0.1, 0.15) is 5.82 Å². The summed E-state index contributed by atoms with van der Waals surface area (Å²) in [6.07, 6.45) is 1.99.